The summed E-state index contributed by atoms with van der Waals surface area (Å²) in [6, 6.07) is 11.0. The summed E-state index contributed by atoms with van der Waals surface area (Å²) in [7, 11) is -3.61. The lowest BCUT2D eigenvalue weighted by atomic mass is 10.0. The van der Waals surface area contributed by atoms with Crippen LogP contribution in [-0.4, -0.2) is 14.2 Å². The molecule has 90 valence electrons. The molecule has 18 heavy (non-hydrogen) atoms. The Morgan fingerprint density at radius 2 is 1.56 bits per heavy atom. The van der Waals surface area contributed by atoms with Crippen molar-refractivity contribution in [3.63, 3.8) is 0 Å². The number of sulfone groups is 1. The van der Waals surface area contributed by atoms with Gasteiger partial charge in [0.15, 0.2) is 5.78 Å². The van der Waals surface area contributed by atoms with Gasteiger partial charge in [0.2, 0.25) is 9.84 Å². The molecule has 3 rings (SSSR count). The second kappa shape index (κ2) is 3.76. The van der Waals surface area contributed by atoms with E-state index in [9.17, 15) is 13.2 Å². The van der Waals surface area contributed by atoms with Crippen LogP contribution in [0.1, 0.15) is 15.9 Å². The Morgan fingerprint density at radius 3 is 2.33 bits per heavy atom. The van der Waals surface area contributed by atoms with Crippen LogP contribution in [0.2, 0.25) is 0 Å². The van der Waals surface area contributed by atoms with Crippen molar-refractivity contribution >= 4 is 31.6 Å². The second-order valence-corrected chi connectivity index (χ2v) is 6.77. The average Bonchev–Trinajstić information content (AvgIpc) is 2.36. The minimum atomic E-state index is -3.61. The van der Waals surface area contributed by atoms with Crippen LogP contribution in [0.4, 0.5) is 0 Å². The predicted molar refractivity (Wildman–Crippen MR) is 69.5 cm³/mol. The summed E-state index contributed by atoms with van der Waals surface area (Å²) in [4.78, 5) is 12.4. The maximum Gasteiger partial charge on any atom is 0.208 e. The Hall–Kier alpha value is -1.46. The molecule has 0 saturated carbocycles. The summed E-state index contributed by atoms with van der Waals surface area (Å²) in [5.74, 6) is -0.247. The van der Waals surface area contributed by atoms with Crippen LogP contribution < -0.4 is 0 Å². The number of carbonyl (C=O) groups excluding carboxylic acids is 1. The SMILES string of the molecule is O=C1c2ccccc2S(=O)(=O)c2cc(Br)ccc21. The molecule has 5 heteroatoms. The summed E-state index contributed by atoms with van der Waals surface area (Å²) in [5, 5.41) is 0. The van der Waals surface area contributed by atoms with Gasteiger partial charge in [-0.15, -0.1) is 0 Å². The molecule has 3 nitrogen and oxygen atoms in total. The number of hydrogen-bond donors (Lipinski definition) is 0. The molecule has 0 spiro atoms. The Labute approximate surface area is 113 Å². The molecule has 0 unspecified atom stereocenters. The topological polar surface area (TPSA) is 51.2 Å². The summed E-state index contributed by atoms with van der Waals surface area (Å²) in [6.07, 6.45) is 0. The van der Waals surface area contributed by atoms with Crippen molar-refractivity contribution in [1.29, 1.82) is 0 Å². The quantitative estimate of drug-likeness (QED) is 0.639. The van der Waals surface area contributed by atoms with Crippen LogP contribution in [-0.2, 0) is 9.84 Å². The molecule has 0 N–H and O–H groups in total. The van der Waals surface area contributed by atoms with Gasteiger partial charge in [-0.05, 0) is 30.3 Å². The van der Waals surface area contributed by atoms with E-state index in [-0.39, 0.29) is 26.7 Å². The van der Waals surface area contributed by atoms with Crippen LogP contribution in [0.25, 0.3) is 0 Å². The van der Waals surface area contributed by atoms with E-state index < -0.39 is 9.84 Å². The highest BCUT2D eigenvalue weighted by Gasteiger charge is 2.34. The van der Waals surface area contributed by atoms with Gasteiger partial charge in [-0.3, -0.25) is 4.79 Å². The zero-order valence-electron chi connectivity index (χ0n) is 9.05. The van der Waals surface area contributed by atoms with Crippen molar-refractivity contribution in [3.8, 4) is 0 Å². The molecule has 0 aromatic heterocycles. The van der Waals surface area contributed by atoms with Gasteiger partial charge in [-0.2, -0.15) is 0 Å². The van der Waals surface area contributed by atoms with Gasteiger partial charge in [-0.1, -0.05) is 28.1 Å². The Kier molecular flexibility index (Phi) is 2.43. The predicted octanol–water partition coefficient (Wildman–Crippen LogP) is 2.83. The van der Waals surface area contributed by atoms with Crippen molar-refractivity contribution in [2.45, 2.75) is 9.79 Å². The standard InChI is InChI=1S/C13H7BrO3S/c14-8-5-6-10-12(7-8)18(16,17)11-4-2-1-3-9(11)13(10)15/h1-7H. The average molecular weight is 323 g/mol. The maximum absolute atomic E-state index is 12.4. The van der Waals surface area contributed by atoms with E-state index in [1.165, 1.54) is 18.2 Å². The summed E-state index contributed by atoms with van der Waals surface area (Å²) in [6.45, 7) is 0. The molecular formula is C13H7BrO3S. The second-order valence-electron chi connectivity index (χ2n) is 3.97. The monoisotopic (exact) mass is 322 g/mol. The zero-order valence-corrected chi connectivity index (χ0v) is 11.5. The molecule has 0 aliphatic carbocycles. The normalized spacial score (nSPS) is 15.9. The highest BCUT2D eigenvalue weighted by molar-refractivity contribution is 9.10. The minimum Gasteiger partial charge on any atom is -0.289 e. The van der Waals surface area contributed by atoms with Gasteiger partial charge >= 0.3 is 0 Å². The number of hydrogen-bond acceptors (Lipinski definition) is 3. The van der Waals surface area contributed by atoms with Gasteiger partial charge in [-0.25, -0.2) is 8.42 Å². The van der Waals surface area contributed by atoms with Gasteiger partial charge in [0.25, 0.3) is 0 Å². The number of fused-ring (bicyclic) bond motifs is 2. The molecule has 0 amide bonds. The van der Waals surface area contributed by atoms with E-state index in [4.69, 9.17) is 0 Å². The van der Waals surface area contributed by atoms with E-state index in [0.717, 1.165) is 0 Å². The van der Waals surface area contributed by atoms with E-state index in [1.807, 2.05) is 0 Å². The van der Waals surface area contributed by atoms with Crippen LogP contribution in [0.3, 0.4) is 0 Å². The van der Waals surface area contributed by atoms with Gasteiger partial charge in [0.05, 0.1) is 9.79 Å². The molecule has 1 heterocycles. The van der Waals surface area contributed by atoms with Crippen molar-refractivity contribution in [2.75, 3.05) is 0 Å². The highest BCUT2D eigenvalue weighted by atomic mass is 79.9. The summed E-state index contributed by atoms with van der Waals surface area (Å²) in [5.41, 5.74) is 0.476. The molecule has 1 aliphatic rings. The molecule has 0 atom stereocenters. The summed E-state index contributed by atoms with van der Waals surface area (Å²) >= 11 is 3.23. The number of benzene rings is 2. The first-order chi connectivity index (χ1) is 8.51. The highest BCUT2D eigenvalue weighted by Crippen LogP contribution is 2.35. The lowest BCUT2D eigenvalue weighted by molar-refractivity contribution is 0.103. The van der Waals surface area contributed by atoms with E-state index in [2.05, 4.69) is 15.9 Å². The van der Waals surface area contributed by atoms with Crippen molar-refractivity contribution < 1.29 is 13.2 Å². The number of halogens is 1. The van der Waals surface area contributed by atoms with Crippen LogP contribution in [0, 0.1) is 0 Å². The van der Waals surface area contributed by atoms with Crippen molar-refractivity contribution in [1.82, 2.24) is 0 Å². The van der Waals surface area contributed by atoms with Gasteiger partial charge in [0.1, 0.15) is 0 Å². The number of rotatable bonds is 0. The first-order valence-electron chi connectivity index (χ1n) is 5.20. The molecule has 2 aromatic carbocycles. The Morgan fingerprint density at radius 1 is 0.889 bits per heavy atom. The van der Waals surface area contributed by atoms with Crippen molar-refractivity contribution in [3.05, 3.63) is 58.1 Å². The van der Waals surface area contributed by atoms with Gasteiger partial charge < -0.3 is 0 Å². The van der Waals surface area contributed by atoms with E-state index in [1.54, 1.807) is 24.3 Å². The third-order valence-corrected chi connectivity index (χ3v) is 5.24. The number of carbonyl (C=O) groups is 1. The molecule has 0 saturated heterocycles. The van der Waals surface area contributed by atoms with Crippen LogP contribution in [0.15, 0.2) is 56.7 Å². The first kappa shape index (κ1) is 11.6. The van der Waals surface area contributed by atoms with Crippen LogP contribution >= 0.6 is 15.9 Å². The Balaban J connectivity index is 2.45. The molecule has 0 fully saturated rings. The largest absolute Gasteiger partial charge is 0.289 e. The number of ketones is 1. The van der Waals surface area contributed by atoms with Gasteiger partial charge in [0, 0.05) is 15.6 Å². The van der Waals surface area contributed by atoms with E-state index >= 15 is 0 Å². The fraction of sp³-hybridized carbons (Fsp3) is 0. The minimum absolute atomic E-state index is 0.0700. The maximum atomic E-state index is 12.4. The Bertz CT molecular complexity index is 779. The van der Waals surface area contributed by atoms with Crippen molar-refractivity contribution in [2.24, 2.45) is 0 Å². The molecule has 1 aliphatic heterocycles. The zero-order chi connectivity index (χ0) is 12.9. The molecular weight excluding hydrogens is 316 g/mol. The lowest BCUT2D eigenvalue weighted by Crippen LogP contribution is -2.19. The van der Waals surface area contributed by atoms with Crippen LogP contribution in [0.5, 0.6) is 0 Å². The molecule has 2 aromatic rings. The first-order valence-corrected chi connectivity index (χ1v) is 7.48. The molecule has 0 radical (unpaired) electrons. The lowest BCUT2D eigenvalue weighted by Gasteiger charge is -2.18. The third kappa shape index (κ3) is 1.47. The molecule has 0 bridgehead atoms. The smallest absolute Gasteiger partial charge is 0.208 e. The third-order valence-electron chi connectivity index (χ3n) is 2.90. The fourth-order valence-electron chi connectivity index (χ4n) is 2.06. The summed E-state index contributed by atoms with van der Waals surface area (Å²) < 4.78 is 25.5. The van der Waals surface area contributed by atoms with E-state index in [0.29, 0.717) is 4.47 Å². The fourth-order valence-corrected chi connectivity index (χ4v) is 4.25.